The molecule has 1 heterocycles. The van der Waals surface area contributed by atoms with Gasteiger partial charge in [0, 0.05) is 25.4 Å². The van der Waals surface area contributed by atoms with Gasteiger partial charge >= 0.3 is 0 Å². The molecule has 1 aliphatic heterocycles. The Labute approximate surface area is 192 Å². The Bertz CT molecular complexity index is 1340. The highest BCUT2D eigenvalue weighted by Crippen LogP contribution is 2.31. The molecule has 0 saturated carbocycles. The molecule has 2 amide bonds. The fraction of sp³-hybridized carbons (Fsp3) is 0.125. The van der Waals surface area contributed by atoms with Crippen molar-refractivity contribution in [1.82, 2.24) is 0 Å². The molecule has 0 aromatic heterocycles. The third kappa shape index (κ3) is 4.92. The largest absolute Gasteiger partial charge is 0.378 e. The number of carbonyl (C=O) groups excluding carboxylic acids is 2. The summed E-state index contributed by atoms with van der Waals surface area (Å²) >= 11 is 0. The molecule has 2 aromatic carbocycles. The van der Waals surface area contributed by atoms with Gasteiger partial charge in [0.15, 0.2) is 0 Å². The summed E-state index contributed by atoms with van der Waals surface area (Å²) in [5.74, 6) is -1.38. The van der Waals surface area contributed by atoms with Crippen LogP contribution in [0, 0.1) is 6.57 Å². The van der Waals surface area contributed by atoms with Crippen molar-refractivity contribution in [3.05, 3.63) is 94.5 Å². The lowest BCUT2D eigenvalue weighted by Gasteiger charge is -2.27. The number of hydrogen-bond acceptors (Lipinski definition) is 5. The summed E-state index contributed by atoms with van der Waals surface area (Å²) in [5.41, 5.74) is 2.40. The average molecular weight is 463 g/mol. The maximum absolute atomic E-state index is 13.2. The minimum absolute atomic E-state index is 0.139. The number of imide groups is 1. The van der Waals surface area contributed by atoms with Crippen LogP contribution in [0.3, 0.4) is 0 Å². The molecule has 33 heavy (non-hydrogen) atoms. The summed E-state index contributed by atoms with van der Waals surface area (Å²) in [5, 5.41) is 5.11. The lowest BCUT2D eigenvalue weighted by molar-refractivity contribution is -0.123. The number of sulfonamides is 1. The minimum Gasteiger partial charge on any atom is -0.378 e. The number of amides is 2. The highest BCUT2D eigenvalue weighted by molar-refractivity contribution is 7.89. The number of carbonyl (C=O) groups is 2. The first-order valence-corrected chi connectivity index (χ1v) is 11.4. The van der Waals surface area contributed by atoms with E-state index in [0.717, 1.165) is 16.2 Å². The van der Waals surface area contributed by atoms with E-state index in [1.807, 2.05) is 49.3 Å². The summed E-state index contributed by atoms with van der Waals surface area (Å²) < 4.78 is 23.0. The van der Waals surface area contributed by atoms with E-state index in [-0.39, 0.29) is 27.4 Å². The van der Waals surface area contributed by atoms with Crippen LogP contribution >= 0.6 is 0 Å². The molecular formula is C24H22N4O4S. The zero-order valence-corrected chi connectivity index (χ0v) is 19.1. The van der Waals surface area contributed by atoms with E-state index < -0.39 is 21.8 Å². The normalized spacial score (nSPS) is 16.0. The molecule has 9 heteroatoms. The van der Waals surface area contributed by atoms with Gasteiger partial charge in [-0.1, -0.05) is 30.4 Å². The zero-order chi connectivity index (χ0) is 24.3. The smallest absolute Gasteiger partial charge is 0.264 e. The molecule has 1 aliphatic rings. The van der Waals surface area contributed by atoms with E-state index in [1.54, 1.807) is 19.1 Å². The standard InChI is InChI=1S/C24H22N4O4S/c1-16-21(7-5-6-17-8-10-18(11-9-17)27(3)4)23(29)28(24(30)22(16)26-2)19-12-14-20(15-13-19)33(25,31)32/h5-15H,1,3-4H3,(H2,25,31,32)/b6-5+,21-7+. The number of allylic oxidation sites excluding steroid dienone is 2. The van der Waals surface area contributed by atoms with Crippen molar-refractivity contribution in [3.63, 3.8) is 0 Å². The van der Waals surface area contributed by atoms with Gasteiger partial charge in [0.25, 0.3) is 17.5 Å². The third-order valence-corrected chi connectivity index (χ3v) is 6.02. The quantitative estimate of drug-likeness (QED) is 0.418. The highest BCUT2D eigenvalue weighted by atomic mass is 32.2. The number of nitrogens with two attached hydrogens (primary N) is 1. The first kappa shape index (κ1) is 23.7. The van der Waals surface area contributed by atoms with Crippen LogP contribution in [-0.4, -0.2) is 34.3 Å². The van der Waals surface area contributed by atoms with Gasteiger partial charge in [0.1, 0.15) is 0 Å². The van der Waals surface area contributed by atoms with Gasteiger partial charge < -0.3 is 4.90 Å². The van der Waals surface area contributed by atoms with Gasteiger partial charge in [0.2, 0.25) is 10.0 Å². The Hall–Kier alpha value is -4.00. The predicted molar refractivity (Wildman–Crippen MR) is 127 cm³/mol. The molecule has 0 spiro atoms. The second kappa shape index (κ2) is 9.24. The fourth-order valence-corrected chi connectivity index (χ4v) is 3.77. The van der Waals surface area contributed by atoms with Crippen molar-refractivity contribution < 1.29 is 18.0 Å². The molecule has 3 rings (SSSR count). The number of hydrogen-bond donors (Lipinski definition) is 1. The van der Waals surface area contributed by atoms with Crippen LogP contribution in [0.25, 0.3) is 10.9 Å². The predicted octanol–water partition coefficient (Wildman–Crippen LogP) is 3.11. The van der Waals surface area contributed by atoms with E-state index in [1.165, 1.54) is 24.3 Å². The number of anilines is 2. The summed E-state index contributed by atoms with van der Waals surface area (Å²) in [7, 11) is -0.0318. The SMILES string of the molecule is [C-]#[N+]C1=C(C)/C(=C\C=C\c2ccc(N(C)C)cc2)C(=O)N(c2ccc(S(N)(=O)=O)cc2)C1=O. The average Bonchev–Trinajstić information content (AvgIpc) is 2.76. The van der Waals surface area contributed by atoms with Crippen LogP contribution in [-0.2, 0) is 19.6 Å². The van der Waals surface area contributed by atoms with Crippen molar-refractivity contribution in [2.24, 2.45) is 5.14 Å². The van der Waals surface area contributed by atoms with Gasteiger partial charge in [-0.05, 0) is 54.5 Å². The van der Waals surface area contributed by atoms with Crippen LogP contribution in [0.4, 0.5) is 11.4 Å². The molecular weight excluding hydrogens is 440 g/mol. The van der Waals surface area contributed by atoms with Crippen molar-refractivity contribution in [3.8, 4) is 0 Å². The van der Waals surface area contributed by atoms with Crippen LogP contribution in [0.2, 0.25) is 0 Å². The summed E-state index contributed by atoms with van der Waals surface area (Å²) in [6.07, 6.45) is 5.05. The third-order valence-electron chi connectivity index (χ3n) is 5.09. The van der Waals surface area contributed by atoms with Crippen LogP contribution in [0.5, 0.6) is 0 Å². The van der Waals surface area contributed by atoms with Crippen molar-refractivity contribution in [2.45, 2.75) is 11.8 Å². The Morgan fingerprint density at radius 2 is 1.61 bits per heavy atom. The van der Waals surface area contributed by atoms with E-state index in [9.17, 15) is 18.0 Å². The van der Waals surface area contributed by atoms with Crippen LogP contribution < -0.4 is 14.9 Å². The first-order valence-electron chi connectivity index (χ1n) is 9.80. The maximum atomic E-state index is 13.2. The zero-order valence-electron chi connectivity index (χ0n) is 18.3. The van der Waals surface area contributed by atoms with Gasteiger partial charge in [-0.15, -0.1) is 0 Å². The molecule has 2 N–H and O–H groups in total. The molecule has 8 nitrogen and oxygen atoms in total. The molecule has 0 bridgehead atoms. The van der Waals surface area contributed by atoms with Gasteiger partial charge in [-0.3, -0.25) is 14.5 Å². The van der Waals surface area contributed by atoms with E-state index in [4.69, 9.17) is 11.7 Å². The van der Waals surface area contributed by atoms with E-state index in [2.05, 4.69) is 4.85 Å². The van der Waals surface area contributed by atoms with E-state index >= 15 is 0 Å². The Balaban J connectivity index is 1.98. The summed E-state index contributed by atoms with van der Waals surface area (Å²) in [6.45, 7) is 8.96. The number of nitrogens with zero attached hydrogens (tertiary/aromatic N) is 3. The van der Waals surface area contributed by atoms with Gasteiger partial charge in [0.05, 0.1) is 17.2 Å². The van der Waals surface area contributed by atoms with Crippen LogP contribution in [0.1, 0.15) is 12.5 Å². The second-order valence-electron chi connectivity index (χ2n) is 7.50. The van der Waals surface area contributed by atoms with E-state index in [0.29, 0.717) is 0 Å². The Kier molecular flexibility index (Phi) is 6.62. The fourth-order valence-electron chi connectivity index (χ4n) is 3.25. The number of primary sulfonamides is 1. The molecule has 0 fully saturated rings. The molecule has 0 unspecified atom stereocenters. The van der Waals surface area contributed by atoms with Gasteiger partial charge in [-0.25, -0.2) is 18.4 Å². The summed E-state index contributed by atoms with van der Waals surface area (Å²) in [4.78, 5) is 32.0. The number of rotatable bonds is 5. The molecule has 0 aliphatic carbocycles. The van der Waals surface area contributed by atoms with Crippen molar-refractivity contribution in [1.29, 1.82) is 0 Å². The van der Waals surface area contributed by atoms with Gasteiger partial charge in [-0.2, -0.15) is 0 Å². The minimum atomic E-state index is -3.93. The summed E-state index contributed by atoms with van der Waals surface area (Å²) in [6, 6.07) is 12.8. The molecule has 168 valence electrons. The van der Waals surface area contributed by atoms with Crippen LogP contribution in [0.15, 0.2) is 82.4 Å². The first-order chi connectivity index (χ1) is 15.5. The van der Waals surface area contributed by atoms with Crippen molar-refractivity contribution >= 4 is 39.3 Å². The Morgan fingerprint density at radius 1 is 1.00 bits per heavy atom. The lowest BCUT2D eigenvalue weighted by atomic mass is 9.97. The molecule has 2 aromatic rings. The monoisotopic (exact) mass is 462 g/mol. The molecule has 0 saturated heterocycles. The number of benzene rings is 2. The van der Waals surface area contributed by atoms with Crippen molar-refractivity contribution in [2.75, 3.05) is 23.9 Å². The Morgan fingerprint density at radius 3 is 2.12 bits per heavy atom. The topological polar surface area (TPSA) is 105 Å². The highest BCUT2D eigenvalue weighted by Gasteiger charge is 2.36. The lowest BCUT2D eigenvalue weighted by Crippen LogP contribution is -2.42. The molecule has 0 atom stereocenters. The molecule has 0 radical (unpaired) electrons. The second-order valence-corrected chi connectivity index (χ2v) is 9.06. The maximum Gasteiger partial charge on any atom is 0.264 e.